The maximum Gasteiger partial charge on any atom is 0.327 e. The first-order valence-electron chi connectivity index (χ1n) is 4.27. The molecule has 1 unspecified atom stereocenters. The Kier molecular flexibility index (Phi) is 6.40. The van der Waals surface area contributed by atoms with Crippen LogP contribution in [-0.4, -0.2) is 20.2 Å². The van der Waals surface area contributed by atoms with Gasteiger partial charge < -0.3 is 15.2 Å². The molecule has 6 heteroatoms. The Bertz CT molecular complexity index is 373. The van der Waals surface area contributed by atoms with Crippen LogP contribution in [0.5, 0.6) is 5.75 Å². The summed E-state index contributed by atoms with van der Waals surface area (Å²) < 4.78 is 10.5. The second-order valence-electron chi connectivity index (χ2n) is 2.89. The summed E-state index contributed by atoms with van der Waals surface area (Å²) in [6.07, 6.45) is 0. The summed E-state index contributed by atoms with van der Waals surface area (Å²) in [4.78, 5) is 11.3. The van der Waals surface area contributed by atoms with E-state index in [1.165, 1.54) is 14.2 Å². The topological polar surface area (TPSA) is 61.5 Å². The molecular formula is C10H13BrClNO3. The van der Waals surface area contributed by atoms with Gasteiger partial charge in [0.2, 0.25) is 0 Å². The standard InChI is InChI=1S/C10H12BrNO3.ClH/c1-14-8-4-3-6(11)5-7(8)9(12)10(13)15-2;/h3-5,9H,12H2,1-2H3;1H. The maximum absolute atomic E-state index is 11.3. The number of carbonyl (C=O) groups excluding carboxylic acids is 1. The molecule has 0 saturated heterocycles. The number of benzene rings is 1. The van der Waals surface area contributed by atoms with E-state index in [2.05, 4.69) is 20.7 Å². The van der Waals surface area contributed by atoms with E-state index in [0.717, 1.165) is 4.47 Å². The highest BCUT2D eigenvalue weighted by Gasteiger charge is 2.20. The predicted molar refractivity (Wildman–Crippen MR) is 66.9 cm³/mol. The van der Waals surface area contributed by atoms with Gasteiger partial charge in [-0.15, -0.1) is 12.4 Å². The van der Waals surface area contributed by atoms with Gasteiger partial charge in [0.15, 0.2) is 0 Å². The minimum atomic E-state index is -0.831. The molecule has 0 spiro atoms. The van der Waals surface area contributed by atoms with Gasteiger partial charge in [-0.1, -0.05) is 15.9 Å². The second-order valence-corrected chi connectivity index (χ2v) is 3.80. The molecule has 1 rings (SSSR count). The Morgan fingerprint density at radius 3 is 2.56 bits per heavy atom. The third kappa shape index (κ3) is 3.37. The summed E-state index contributed by atoms with van der Waals surface area (Å²) in [7, 11) is 2.82. The molecule has 0 aromatic heterocycles. The highest BCUT2D eigenvalue weighted by Crippen LogP contribution is 2.27. The summed E-state index contributed by atoms with van der Waals surface area (Å²) in [6.45, 7) is 0. The van der Waals surface area contributed by atoms with E-state index in [9.17, 15) is 4.79 Å². The van der Waals surface area contributed by atoms with Gasteiger partial charge in [0.25, 0.3) is 0 Å². The lowest BCUT2D eigenvalue weighted by Gasteiger charge is -2.13. The summed E-state index contributed by atoms with van der Waals surface area (Å²) in [6, 6.07) is 4.46. The second kappa shape index (κ2) is 6.73. The van der Waals surface area contributed by atoms with Gasteiger partial charge in [-0.3, -0.25) is 4.79 Å². The summed E-state index contributed by atoms with van der Waals surface area (Å²) in [5, 5.41) is 0. The number of hydrogen-bond donors (Lipinski definition) is 1. The van der Waals surface area contributed by atoms with Crippen LogP contribution < -0.4 is 10.5 Å². The Labute approximate surface area is 109 Å². The molecule has 0 bridgehead atoms. The summed E-state index contributed by atoms with van der Waals surface area (Å²) in [5.41, 5.74) is 6.31. The molecule has 0 aliphatic heterocycles. The van der Waals surface area contributed by atoms with Crippen LogP contribution in [-0.2, 0) is 9.53 Å². The molecule has 0 aliphatic carbocycles. The number of esters is 1. The molecule has 16 heavy (non-hydrogen) atoms. The van der Waals surface area contributed by atoms with E-state index >= 15 is 0 Å². The third-order valence-electron chi connectivity index (χ3n) is 1.98. The Hall–Kier alpha value is -0.780. The van der Waals surface area contributed by atoms with E-state index in [-0.39, 0.29) is 12.4 Å². The van der Waals surface area contributed by atoms with Crippen molar-refractivity contribution in [3.8, 4) is 5.75 Å². The van der Waals surface area contributed by atoms with Crippen LogP contribution in [0, 0.1) is 0 Å². The van der Waals surface area contributed by atoms with Crippen molar-refractivity contribution in [2.24, 2.45) is 5.73 Å². The van der Waals surface area contributed by atoms with Crippen LogP contribution in [0.4, 0.5) is 0 Å². The summed E-state index contributed by atoms with van der Waals surface area (Å²) >= 11 is 3.30. The average Bonchev–Trinajstić information content (AvgIpc) is 2.27. The van der Waals surface area contributed by atoms with Gasteiger partial charge >= 0.3 is 5.97 Å². The predicted octanol–water partition coefficient (Wildman–Crippen LogP) is 2.05. The SMILES string of the molecule is COC(=O)C(N)c1cc(Br)ccc1OC.Cl. The Morgan fingerprint density at radius 2 is 2.06 bits per heavy atom. The van der Waals surface area contributed by atoms with Gasteiger partial charge in [-0.05, 0) is 18.2 Å². The largest absolute Gasteiger partial charge is 0.496 e. The first kappa shape index (κ1) is 15.2. The molecule has 0 amide bonds. The minimum Gasteiger partial charge on any atom is -0.496 e. The highest BCUT2D eigenvalue weighted by atomic mass is 79.9. The quantitative estimate of drug-likeness (QED) is 0.868. The molecule has 0 heterocycles. The van der Waals surface area contributed by atoms with Crippen LogP contribution in [0.1, 0.15) is 11.6 Å². The fourth-order valence-electron chi connectivity index (χ4n) is 1.20. The van der Waals surface area contributed by atoms with Crippen molar-refractivity contribution < 1.29 is 14.3 Å². The first-order valence-corrected chi connectivity index (χ1v) is 5.06. The van der Waals surface area contributed by atoms with Gasteiger partial charge in [-0.25, -0.2) is 0 Å². The van der Waals surface area contributed by atoms with Crippen molar-refractivity contribution >= 4 is 34.3 Å². The van der Waals surface area contributed by atoms with E-state index in [4.69, 9.17) is 10.5 Å². The van der Waals surface area contributed by atoms with Crippen LogP contribution in [0.2, 0.25) is 0 Å². The van der Waals surface area contributed by atoms with Crippen molar-refractivity contribution in [1.29, 1.82) is 0 Å². The molecular weight excluding hydrogens is 297 g/mol. The highest BCUT2D eigenvalue weighted by molar-refractivity contribution is 9.10. The molecule has 0 fully saturated rings. The van der Waals surface area contributed by atoms with Crippen LogP contribution in [0.25, 0.3) is 0 Å². The molecule has 2 N–H and O–H groups in total. The molecule has 1 atom stereocenters. The molecule has 1 aromatic carbocycles. The zero-order valence-electron chi connectivity index (χ0n) is 8.90. The fourth-order valence-corrected chi connectivity index (χ4v) is 1.58. The Balaban J connectivity index is 0.00000225. The molecule has 90 valence electrons. The van der Waals surface area contributed by atoms with Gasteiger partial charge in [-0.2, -0.15) is 0 Å². The van der Waals surface area contributed by atoms with E-state index in [0.29, 0.717) is 11.3 Å². The smallest absolute Gasteiger partial charge is 0.327 e. The Morgan fingerprint density at radius 1 is 1.44 bits per heavy atom. The molecule has 0 aliphatic rings. The molecule has 0 radical (unpaired) electrons. The van der Waals surface area contributed by atoms with Crippen LogP contribution in [0.3, 0.4) is 0 Å². The number of nitrogens with two attached hydrogens (primary N) is 1. The molecule has 4 nitrogen and oxygen atoms in total. The van der Waals surface area contributed by atoms with Crippen molar-refractivity contribution in [1.82, 2.24) is 0 Å². The van der Waals surface area contributed by atoms with Gasteiger partial charge in [0, 0.05) is 10.0 Å². The third-order valence-corrected chi connectivity index (χ3v) is 2.48. The normalized spacial score (nSPS) is 11.2. The number of ether oxygens (including phenoxy) is 2. The van der Waals surface area contributed by atoms with Crippen LogP contribution >= 0.6 is 28.3 Å². The number of methoxy groups -OCH3 is 2. The van der Waals surface area contributed by atoms with Crippen molar-refractivity contribution in [3.05, 3.63) is 28.2 Å². The van der Waals surface area contributed by atoms with E-state index < -0.39 is 12.0 Å². The number of halogens is 2. The monoisotopic (exact) mass is 309 g/mol. The number of rotatable bonds is 3. The van der Waals surface area contributed by atoms with E-state index in [1.807, 2.05) is 6.07 Å². The lowest BCUT2D eigenvalue weighted by atomic mass is 10.1. The minimum absolute atomic E-state index is 0. The van der Waals surface area contributed by atoms with Crippen molar-refractivity contribution in [2.75, 3.05) is 14.2 Å². The number of carbonyl (C=O) groups is 1. The van der Waals surface area contributed by atoms with Crippen molar-refractivity contribution in [3.63, 3.8) is 0 Å². The van der Waals surface area contributed by atoms with Crippen molar-refractivity contribution in [2.45, 2.75) is 6.04 Å². The van der Waals surface area contributed by atoms with Gasteiger partial charge in [0.1, 0.15) is 11.8 Å². The average molecular weight is 311 g/mol. The molecule has 0 saturated carbocycles. The zero-order valence-corrected chi connectivity index (χ0v) is 11.3. The fraction of sp³-hybridized carbons (Fsp3) is 0.300. The maximum atomic E-state index is 11.3. The number of hydrogen-bond acceptors (Lipinski definition) is 4. The van der Waals surface area contributed by atoms with Gasteiger partial charge in [0.05, 0.1) is 14.2 Å². The lowest BCUT2D eigenvalue weighted by Crippen LogP contribution is -2.23. The van der Waals surface area contributed by atoms with E-state index in [1.54, 1.807) is 12.1 Å². The lowest BCUT2D eigenvalue weighted by molar-refractivity contribution is -0.142. The summed E-state index contributed by atoms with van der Waals surface area (Å²) in [5.74, 6) is 0.0718. The molecule has 1 aromatic rings. The first-order chi connectivity index (χ1) is 7.10. The van der Waals surface area contributed by atoms with Crippen LogP contribution in [0.15, 0.2) is 22.7 Å². The zero-order chi connectivity index (χ0) is 11.4.